The fraction of sp³-hybridized carbons (Fsp3) is 0.381. The highest BCUT2D eigenvalue weighted by molar-refractivity contribution is 6.31. The van der Waals surface area contributed by atoms with Gasteiger partial charge in [-0.1, -0.05) is 29.3 Å². The predicted molar refractivity (Wildman–Crippen MR) is 121 cm³/mol. The number of imidazole rings is 1. The molecule has 0 bridgehead atoms. The van der Waals surface area contributed by atoms with E-state index in [4.69, 9.17) is 33.9 Å². The van der Waals surface area contributed by atoms with E-state index < -0.39 is 5.82 Å². The van der Waals surface area contributed by atoms with Gasteiger partial charge in [-0.25, -0.2) is 9.37 Å². The van der Waals surface area contributed by atoms with E-state index in [0.717, 1.165) is 54.3 Å². The van der Waals surface area contributed by atoms with Crippen molar-refractivity contribution in [2.45, 2.75) is 13.1 Å². The van der Waals surface area contributed by atoms with Gasteiger partial charge in [-0.3, -0.25) is 0 Å². The highest BCUT2D eigenvalue weighted by Gasteiger charge is 2.21. The second-order valence-electron chi connectivity index (χ2n) is 7.38. The first-order chi connectivity index (χ1) is 14.6. The number of aromatic nitrogens is 2. The maximum Gasteiger partial charge on any atom is 0.206 e. The van der Waals surface area contributed by atoms with Gasteiger partial charge in [0.1, 0.15) is 5.82 Å². The van der Waals surface area contributed by atoms with Gasteiger partial charge in [0, 0.05) is 50.8 Å². The summed E-state index contributed by atoms with van der Waals surface area (Å²) in [5.74, 6) is 0.462. The molecule has 0 atom stereocenters. The second-order valence-corrected chi connectivity index (χ2v) is 8.23. The molecule has 2 heterocycles. The minimum absolute atomic E-state index is 0.116. The number of fused-ring (bicyclic) bond motifs is 1. The van der Waals surface area contributed by atoms with Crippen molar-refractivity contribution in [2.75, 3.05) is 44.2 Å². The van der Waals surface area contributed by atoms with Crippen LogP contribution in [0, 0.1) is 5.82 Å². The Morgan fingerprint density at radius 3 is 2.70 bits per heavy atom. The van der Waals surface area contributed by atoms with Gasteiger partial charge < -0.3 is 25.8 Å². The van der Waals surface area contributed by atoms with E-state index in [9.17, 15) is 4.39 Å². The van der Waals surface area contributed by atoms with E-state index in [1.54, 1.807) is 12.1 Å². The lowest BCUT2D eigenvalue weighted by molar-refractivity contribution is 0.571. The molecule has 3 aromatic rings. The number of nitrogens with zero attached hydrogens (tertiary/aromatic N) is 3. The monoisotopic (exact) mass is 450 g/mol. The van der Waals surface area contributed by atoms with Crippen LogP contribution in [0.2, 0.25) is 10.0 Å². The molecular weight excluding hydrogens is 426 g/mol. The lowest BCUT2D eigenvalue weighted by atomic mass is 10.1. The van der Waals surface area contributed by atoms with E-state index in [-0.39, 0.29) is 5.02 Å². The molecule has 0 unspecified atom stereocenters. The summed E-state index contributed by atoms with van der Waals surface area (Å²) >= 11 is 12.5. The Labute approximate surface area is 185 Å². The number of rotatable bonds is 7. The van der Waals surface area contributed by atoms with Crippen LogP contribution in [0.5, 0.6) is 0 Å². The molecule has 0 saturated carbocycles. The molecule has 1 aliphatic heterocycles. The highest BCUT2D eigenvalue weighted by atomic mass is 35.5. The quantitative estimate of drug-likeness (QED) is 0.482. The largest absolute Gasteiger partial charge is 0.340 e. The molecular formula is C21H25Cl2FN6. The molecule has 6 nitrogen and oxygen atoms in total. The number of anilines is 1. The van der Waals surface area contributed by atoms with Gasteiger partial charge in [0.25, 0.3) is 0 Å². The van der Waals surface area contributed by atoms with Crippen LogP contribution in [-0.4, -0.2) is 48.8 Å². The van der Waals surface area contributed by atoms with Crippen molar-refractivity contribution in [3.63, 3.8) is 0 Å². The first-order valence-electron chi connectivity index (χ1n) is 10.1. The highest BCUT2D eigenvalue weighted by Crippen LogP contribution is 2.30. The third-order valence-corrected chi connectivity index (χ3v) is 5.75. The fourth-order valence-electron chi connectivity index (χ4n) is 3.79. The normalized spacial score (nSPS) is 14.6. The lowest BCUT2D eigenvalue weighted by Crippen LogP contribution is -2.44. The number of halogens is 3. The molecule has 0 amide bonds. The third kappa shape index (κ3) is 4.55. The van der Waals surface area contributed by atoms with Crippen molar-refractivity contribution >= 4 is 40.2 Å². The van der Waals surface area contributed by atoms with Crippen molar-refractivity contribution in [3.8, 4) is 0 Å². The van der Waals surface area contributed by atoms with E-state index in [0.29, 0.717) is 31.2 Å². The van der Waals surface area contributed by atoms with E-state index in [2.05, 4.69) is 20.1 Å². The minimum atomic E-state index is -0.422. The third-order valence-electron chi connectivity index (χ3n) is 5.24. The number of nitrogens with two attached hydrogens (primary N) is 1. The Bertz CT molecular complexity index is 1030. The Morgan fingerprint density at radius 1 is 1.17 bits per heavy atom. The van der Waals surface area contributed by atoms with Gasteiger partial charge in [-0.05, 0) is 35.4 Å². The zero-order chi connectivity index (χ0) is 21.1. The summed E-state index contributed by atoms with van der Waals surface area (Å²) in [7, 11) is 0. The van der Waals surface area contributed by atoms with Crippen LogP contribution in [0.25, 0.3) is 11.0 Å². The summed E-state index contributed by atoms with van der Waals surface area (Å²) in [5.41, 5.74) is 9.39. The van der Waals surface area contributed by atoms with Crippen molar-refractivity contribution in [3.05, 3.63) is 57.3 Å². The van der Waals surface area contributed by atoms with Crippen LogP contribution < -0.4 is 21.3 Å². The van der Waals surface area contributed by atoms with Gasteiger partial charge in [-0.2, -0.15) is 0 Å². The van der Waals surface area contributed by atoms with Gasteiger partial charge in [0.05, 0.1) is 22.6 Å². The van der Waals surface area contributed by atoms with E-state index in [1.807, 2.05) is 12.1 Å². The fourth-order valence-corrected chi connectivity index (χ4v) is 4.22. The first-order valence-corrected chi connectivity index (χ1v) is 10.8. The maximum atomic E-state index is 13.7. The molecule has 1 aliphatic rings. The zero-order valence-corrected chi connectivity index (χ0v) is 18.1. The Morgan fingerprint density at radius 2 is 1.97 bits per heavy atom. The van der Waals surface area contributed by atoms with Gasteiger partial charge in [0.2, 0.25) is 5.95 Å². The Hall–Kier alpha value is -1.90. The van der Waals surface area contributed by atoms with Gasteiger partial charge in [-0.15, -0.1) is 0 Å². The number of hydrogen-bond acceptors (Lipinski definition) is 5. The van der Waals surface area contributed by atoms with Crippen molar-refractivity contribution in [2.24, 2.45) is 5.73 Å². The Balaban J connectivity index is 1.80. The van der Waals surface area contributed by atoms with E-state index in [1.165, 1.54) is 6.07 Å². The Kier molecular flexibility index (Phi) is 6.75. The van der Waals surface area contributed by atoms with Crippen LogP contribution in [0.1, 0.15) is 11.1 Å². The van der Waals surface area contributed by atoms with Crippen LogP contribution in [0.4, 0.5) is 10.3 Å². The average Bonchev–Trinajstić information content (AvgIpc) is 3.10. The molecule has 160 valence electrons. The van der Waals surface area contributed by atoms with Crippen LogP contribution in [0.15, 0.2) is 30.3 Å². The number of hydrogen-bond donors (Lipinski definition) is 3. The second kappa shape index (κ2) is 9.49. The number of benzene rings is 2. The number of piperazine rings is 1. The molecule has 1 fully saturated rings. The minimum Gasteiger partial charge on any atom is -0.340 e. The average molecular weight is 451 g/mol. The topological polar surface area (TPSA) is 71.1 Å². The van der Waals surface area contributed by atoms with Crippen molar-refractivity contribution < 1.29 is 4.39 Å². The molecule has 1 aromatic heterocycles. The lowest BCUT2D eigenvalue weighted by Gasteiger charge is -2.29. The first kappa shape index (κ1) is 21.3. The van der Waals surface area contributed by atoms with E-state index >= 15 is 0 Å². The molecule has 4 N–H and O–H groups in total. The molecule has 4 rings (SSSR count). The van der Waals surface area contributed by atoms with Crippen molar-refractivity contribution in [1.82, 2.24) is 20.2 Å². The molecule has 9 heteroatoms. The molecule has 1 saturated heterocycles. The summed E-state index contributed by atoms with van der Waals surface area (Å²) in [4.78, 5) is 7.29. The van der Waals surface area contributed by atoms with Crippen molar-refractivity contribution in [1.29, 1.82) is 0 Å². The predicted octanol–water partition coefficient (Wildman–Crippen LogP) is 2.99. The SMILES string of the molecule is NCCNCc1cc(Cl)cc2c1nc(N1CCNCC1)n2Cc1ccc(F)c(Cl)c1. The summed E-state index contributed by atoms with van der Waals surface area (Å²) in [6.07, 6.45) is 0. The maximum absolute atomic E-state index is 13.7. The standard InChI is InChI=1S/C21H25Cl2FN6/c22-16-10-15(12-27-4-3-25)20-19(11-16)30(13-14-1-2-18(24)17(23)9-14)21(28-20)29-7-5-26-6-8-29/h1-2,9-11,26-27H,3-8,12-13,25H2. The van der Waals surface area contributed by atoms with Crippen LogP contribution in [0.3, 0.4) is 0 Å². The summed E-state index contributed by atoms with van der Waals surface area (Å²) < 4.78 is 15.8. The molecule has 2 aromatic carbocycles. The number of nitrogens with one attached hydrogen (secondary N) is 2. The van der Waals surface area contributed by atoms with Gasteiger partial charge >= 0.3 is 0 Å². The summed E-state index contributed by atoms with van der Waals surface area (Å²) in [6, 6.07) is 8.70. The molecule has 0 aliphatic carbocycles. The summed E-state index contributed by atoms with van der Waals surface area (Å²) in [5, 5.41) is 7.47. The van der Waals surface area contributed by atoms with Crippen LogP contribution in [-0.2, 0) is 13.1 Å². The zero-order valence-electron chi connectivity index (χ0n) is 16.6. The van der Waals surface area contributed by atoms with Gasteiger partial charge in [0.15, 0.2) is 0 Å². The summed E-state index contributed by atoms with van der Waals surface area (Å²) in [6.45, 7) is 5.96. The molecule has 0 spiro atoms. The smallest absolute Gasteiger partial charge is 0.206 e. The molecule has 30 heavy (non-hydrogen) atoms. The van der Waals surface area contributed by atoms with Crippen LogP contribution >= 0.6 is 23.2 Å². The molecule has 0 radical (unpaired) electrons.